The number of piperidine rings is 1. The number of ketones is 1. The Balaban J connectivity index is 1.51. The van der Waals surface area contributed by atoms with Crippen molar-refractivity contribution in [2.75, 3.05) is 6.54 Å². The van der Waals surface area contributed by atoms with Crippen molar-refractivity contribution in [2.45, 2.75) is 70.3 Å². The molecule has 0 aromatic carbocycles. The first-order valence-corrected chi connectivity index (χ1v) is 9.07. The van der Waals surface area contributed by atoms with Crippen molar-refractivity contribution in [3.05, 3.63) is 0 Å². The van der Waals surface area contributed by atoms with Crippen LogP contribution in [-0.2, 0) is 9.59 Å². The summed E-state index contributed by atoms with van der Waals surface area (Å²) < 4.78 is 0. The average molecular weight is 289 g/mol. The topological polar surface area (TPSA) is 37.4 Å². The van der Waals surface area contributed by atoms with Crippen molar-refractivity contribution >= 4 is 11.7 Å². The monoisotopic (exact) mass is 289 g/mol. The standard InChI is InChI=1S/C18H27NO2/c20-17-6-3-4-14(17)16-5-1-2-9-19(16)18(21)15-11-12-7-8-13(15)10-12/h12-16H,1-11H2. The lowest BCUT2D eigenvalue weighted by Gasteiger charge is -2.41. The Kier molecular flexibility index (Phi) is 3.55. The van der Waals surface area contributed by atoms with E-state index in [0.717, 1.165) is 51.0 Å². The van der Waals surface area contributed by atoms with Gasteiger partial charge in [0.05, 0.1) is 0 Å². The second kappa shape index (κ2) is 5.40. The highest BCUT2D eigenvalue weighted by Gasteiger charge is 2.47. The zero-order valence-corrected chi connectivity index (χ0v) is 12.9. The summed E-state index contributed by atoms with van der Waals surface area (Å²) in [4.78, 5) is 27.4. The largest absolute Gasteiger partial charge is 0.339 e. The molecular weight excluding hydrogens is 262 g/mol. The van der Waals surface area contributed by atoms with Crippen LogP contribution in [0.25, 0.3) is 0 Å². The molecule has 5 atom stereocenters. The SMILES string of the molecule is O=C1CCCC1C1CCCCN1C(=O)C1CC2CCC1C2. The van der Waals surface area contributed by atoms with Crippen LogP contribution in [0.4, 0.5) is 0 Å². The molecule has 0 N–H and O–H groups in total. The summed E-state index contributed by atoms with van der Waals surface area (Å²) in [6.07, 6.45) is 11.2. The minimum atomic E-state index is 0.160. The van der Waals surface area contributed by atoms with Crippen LogP contribution in [0.15, 0.2) is 0 Å². The van der Waals surface area contributed by atoms with Crippen LogP contribution in [0, 0.1) is 23.7 Å². The van der Waals surface area contributed by atoms with Gasteiger partial charge < -0.3 is 4.90 Å². The normalized spacial score (nSPS) is 42.8. The Morgan fingerprint density at radius 2 is 1.90 bits per heavy atom. The van der Waals surface area contributed by atoms with Gasteiger partial charge >= 0.3 is 0 Å². The maximum absolute atomic E-state index is 13.1. The first-order chi connectivity index (χ1) is 10.2. The number of fused-ring (bicyclic) bond motifs is 2. The van der Waals surface area contributed by atoms with Gasteiger partial charge in [0.15, 0.2) is 0 Å². The van der Waals surface area contributed by atoms with Crippen LogP contribution < -0.4 is 0 Å². The van der Waals surface area contributed by atoms with Crippen molar-refractivity contribution in [3.8, 4) is 0 Å². The Labute approximate surface area is 127 Å². The lowest BCUT2D eigenvalue weighted by molar-refractivity contribution is -0.143. The molecule has 0 spiro atoms. The van der Waals surface area contributed by atoms with E-state index in [-0.39, 0.29) is 12.0 Å². The molecule has 3 heteroatoms. The molecule has 0 aromatic rings. The first-order valence-electron chi connectivity index (χ1n) is 9.07. The zero-order valence-electron chi connectivity index (χ0n) is 12.9. The minimum absolute atomic E-state index is 0.160. The van der Waals surface area contributed by atoms with Crippen molar-refractivity contribution in [3.63, 3.8) is 0 Å². The molecular formula is C18H27NO2. The quantitative estimate of drug-likeness (QED) is 0.783. The van der Waals surface area contributed by atoms with Crippen molar-refractivity contribution in [1.29, 1.82) is 0 Å². The number of likely N-dealkylation sites (tertiary alicyclic amines) is 1. The number of Topliss-reactive ketones (excluding diaryl/α,β-unsaturated/α-hetero) is 1. The van der Waals surface area contributed by atoms with Crippen LogP contribution in [0.5, 0.6) is 0 Å². The number of rotatable bonds is 2. The van der Waals surface area contributed by atoms with Crippen LogP contribution in [-0.4, -0.2) is 29.2 Å². The van der Waals surface area contributed by atoms with Crippen molar-refractivity contribution < 1.29 is 9.59 Å². The van der Waals surface area contributed by atoms with E-state index in [1.165, 1.54) is 25.7 Å². The molecule has 4 rings (SSSR count). The summed E-state index contributed by atoms with van der Waals surface area (Å²) in [6, 6.07) is 0.236. The first kappa shape index (κ1) is 13.8. The van der Waals surface area contributed by atoms with Crippen molar-refractivity contribution in [2.24, 2.45) is 23.7 Å². The van der Waals surface area contributed by atoms with Gasteiger partial charge in [-0.2, -0.15) is 0 Å². The van der Waals surface area contributed by atoms with E-state index in [2.05, 4.69) is 4.90 Å². The summed E-state index contributed by atoms with van der Waals surface area (Å²) in [5.74, 6) is 2.76. The third-order valence-corrected chi connectivity index (χ3v) is 6.70. The Morgan fingerprint density at radius 1 is 1.00 bits per heavy atom. The van der Waals surface area contributed by atoms with Crippen LogP contribution in [0.3, 0.4) is 0 Å². The number of hydrogen-bond donors (Lipinski definition) is 0. The number of hydrogen-bond acceptors (Lipinski definition) is 2. The predicted molar refractivity (Wildman–Crippen MR) is 80.6 cm³/mol. The number of carbonyl (C=O) groups is 2. The summed E-state index contributed by atoms with van der Waals surface area (Å²) in [7, 11) is 0. The third kappa shape index (κ3) is 2.33. The maximum Gasteiger partial charge on any atom is 0.226 e. The zero-order chi connectivity index (χ0) is 14.4. The molecule has 4 aliphatic rings. The molecule has 3 aliphatic carbocycles. The lowest BCUT2D eigenvalue weighted by Crippen LogP contribution is -2.51. The Morgan fingerprint density at radius 3 is 2.57 bits per heavy atom. The third-order valence-electron chi connectivity index (χ3n) is 6.70. The molecule has 1 aliphatic heterocycles. The highest BCUT2D eigenvalue weighted by molar-refractivity contribution is 5.85. The molecule has 1 saturated heterocycles. The number of amides is 1. The van der Waals surface area contributed by atoms with Gasteiger partial charge in [0.1, 0.15) is 5.78 Å². The van der Waals surface area contributed by atoms with E-state index in [4.69, 9.17) is 0 Å². The van der Waals surface area contributed by atoms with Gasteiger partial charge in [-0.05, 0) is 63.2 Å². The Hall–Kier alpha value is -0.860. The maximum atomic E-state index is 13.1. The second-order valence-electron chi connectivity index (χ2n) is 7.84. The van der Waals surface area contributed by atoms with Gasteiger partial charge in [0, 0.05) is 30.8 Å². The van der Waals surface area contributed by atoms with Crippen LogP contribution >= 0.6 is 0 Å². The molecule has 0 radical (unpaired) electrons. The van der Waals surface area contributed by atoms with E-state index in [1.807, 2.05) is 0 Å². The summed E-state index contributed by atoms with van der Waals surface area (Å²) in [5, 5.41) is 0. The lowest BCUT2D eigenvalue weighted by atomic mass is 9.84. The molecule has 0 aromatic heterocycles. The highest BCUT2D eigenvalue weighted by atomic mass is 16.2. The summed E-state index contributed by atoms with van der Waals surface area (Å²) in [5.41, 5.74) is 0. The Bertz CT molecular complexity index is 446. The van der Waals surface area contributed by atoms with Gasteiger partial charge in [0.25, 0.3) is 0 Å². The number of nitrogens with zero attached hydrogens (tertiary/aromatic N) is 1. The highest BCUT2D eigenvalue weighted by Crippen LogP contribution is 2.49. The van der Waals surface area contributed by atoms with E-state index >= 15 is 0 Å². The van der Waals surface area contributed by atoms with Gasteiger partial charge in [-0.3, -0.25) is 9.59 Å². The van der Waals surface area contributed by atoms with Gasteiger partial charge in [0.2, 0.25) is 5.91 Å². The fourth-order valence-electron chi connectivity index (χ4n) is 5.66. The van der Waals surface area contributed by atoms with E-state index in [1.54, 1.807) is 0 Å². The minimum Gasteiger partial charge on any atom is -0.339 e. The molecule has 3 nitrogen and oxygen atoms in total. The molecule has 4 fully saturated rings. The van der Waals surface area contributed by atoms with Crippen LogP contribution in [0.1, 0.15) is 64.2 Å². The predicted octanol–water partition coefficient (Wildman–Crippen LogP) is 3.17. The fraction of sp³-hybridized carbons (Fsp3) is 0.889. The smallest absolute Gasteiger partial charge is 0.226 e. The molecule has 1 heterocycles. The van der Waals surface area contributed by atoms with Gasteiger partial charge in [-0.25, -0.2) is 0 Å². The molecule has 116 valence electrons. The number of carbonyl (C=O) groups excluding carboxylic acids is 2. The molecule has 5 unspecified atom stereocenters. The molecule has 3 saturated carbocycles. The van der Waals surface area contributed by atoms with Gasteiger partial charge in [-0.15, -0.1) is 0 Å². The van der Waals surface area contributed by atoms with E-state index in [0.29, 0.717) is 23.5 Å². The second-order valence-corrected chi connectivity index (χ2v) is 7.84. The van der Waals surface area contributed by atoms with Crippen LogP contribution in [0.2, 0.25) is 0 Å². The summed E-state index contributed by atoms with van der Waals surface area (Å²) >= 11 is 0. The fourth-order valence-corrected chi connectivity index (χ4v) is 5.66. The van der Waals surface area contributed by atoms with Gasteiger partial charge in [-0.1, -0.05) is 6.42 Å². The average Bonchev–Trinajstić information content (AvgIpc) is 3.22. The molecule has 1 amide bonds. The van der Waals surface area contributed by atoms with E-state index in [9.17, 15) is 9.59 Å². The van der Waals surface area contributed by atoms with E-state index < -0.39 is 0 Å². The molecule has 21 heavy (non-hydrogen) atoms. The summed E-state index contributed by atoms with van der Waals surface area (Å²) in [6.45, 7) is 0.904. The van der Waals surface area contributed by atoms with Crippen molar-refractivity contribution in [1.82, 2.24) is 4.90 Å². The molecule has 2 bridgehead atoms.